The molecule has 3 atom stereocenters. The number of nitrogens with zero attached hydrogens (tertiary/aromatic N) is 1. The molecule has 2 rings (SSSR count). The first kappa shape index (κ1) is 11.8. The zero-order valence-electron chi connectivity index (χ0n) is 9.47. The summed E-state index contributed by atoms with van der Waals surface area (Å²) < 4.78 is 5.30. The lowest BCUT2D eigenvalue weighted by Gasteiger charge is -2.41. The maximum absolute atomic E-state index is 11.1. The van der Waals surface area contributed by atoms with E-state index in [4.69, 9.17) is 10.5 Å². The summed E-state index contributed by atoms with van der Waals surface area (Å²) in [6.45, 7) is 1.83. The average molecular weight is 228 g/mol. The molecular weight excluding hydrogens is 208 g/mol. The largest absolute Gasteiger partial charge is 0.391 e. The van der Waals surface area contributed by atoms with Crippen LogP contribution in [0.3, 0.4) is 0 Å². The Kier molecular flexibility index (Phi) is 3.78. The van der Waals surface area contributed by atoms with Gasteiger partial charge in [-0.2, -0.15) is 0 Å². The van der Waals surface area contributed by atoms with Gasteiger partial charge in [-0.25, -0.2) is 0 Å². The number of morpholine rings is 1. The molecule has 5 nitrogen and oxygen atoms in total. The molecule has 1 aliphatic carbocycles. The normalized spacial score (nSPS) is 37.2. The molecule has 0 bridgehead atoms. The second kappa shape index (κ2) is 5.12. The van der Waals surface area contributed by atoms with Gasteiger partial charge >= 0.3 is 0 Å². The van der Waals surface area contributed by atoms with E-state index < -0.39 is 12.0 Å². The Morgan fingerprint density at radius 2 is 2.12 bits per heavy atom. The summed E-state index contributed by atoms with van der Waals surface area (Å²) in [6, 6.07) is 0.180. The summed E-state index contributed by atoms with van der Waals surface area (Å²) in [5.74, 6) is -0.407. The van der Waals surface area contributed by atoms with Crippen LogP contribution in [-0.4, -0.2) is 53.9 Å². The van der Waals surface area contributed by atoms with Gasteiger partial charge in [0.15, 0.2) is 0 Å². The third kappa shape index (κ3) is 2.53. The first-order chi connectivity index (χ1) is 7.68. The van der Waals surface area contributed by atoms with Gasteiger partial charge in [-0.05, 0) is 12.8 Å². The van der Waals surface area contributed by atoms with Crippen LogP contribution in [-0.2, 0) is 9.53 Å². The molecule has 2 fully saturated rings. The highest BCUT2D eigenvalue weighted by molar-refractivity contribution is 5.79. The van der Waals surface area contributed by atoms with Crippen molar-refractivity contribution in [3.8, 4) is 0 Å². The van der Waals surface area contributed by atoms with E-state index in [0.29, 0.717) is 13.2 Å². The zero-order valence-corrected chi connectivity index (χ0v) is 9.47. The van der Waals surface area contributed by atoms with Gasteiger partial charge in [-0.15, -0.1) is 0 Å². The fourth-order valence-corrected chi connectivity index (χ4v) is 2.66. The highest BCUT2D eigenvalue weighted by atomic mass is 16.5. The van der Waals surface area contributed by atoms with E-state index in [-0.39, 0.29) is 12.1 Å². The second-order valence-electron chi connectivity index (χ2n) is 4.68. The lowest BCUT2D eigenvalue weighted by atomic mass is 9.91. The van der Waals surface area contributed by atoms with Crippen LogP contribution in [0.5, 0.6) is 0 Å². The molecular formula is C11H20N2O3. The van der Waals surface area contributed by atoms with E-state index in [9.17, 15) is 9.90 Å². The molecule has 1 aliphatic heterocycles. The van der Waals surface area contributed by atoms with Crippen LogP contribution >= 0.6 is 0 Å². The van der Waals surface area contributed by atoms with Crippen LogP contribution < -0.4 is 5.73 Å². The van der Waals surface area contributed by atoms with Crippen molar-refractivity contribution in [3.05, 3.63) is 0 Å². The Hall–Kier alpha value is -0.650. The van der Waals surface area contributed by atoms with E-state index in [1.165, 1.54) is 0 Å². The summed E-state index contributed by atoms with van der Waals surface area (Å²) in [5, 5.41) is 9.95. The number of carbonyl (C=O) groups is 1. The van der Waals surface area contributed by atoms with E-state index in [2.05, 4.69) is 4.90 Å². The van der Waals surface area contributed by atoms with Gasteiger partial charge in [0.1, 0.15) is 6.10 Å². The molecule has 16 heavy (non-hydrogen) atoms. The number of aliphatic hydroxyl groups is 1. The van der Waals surface area contributed by atoms with Crippen molar-refractivity contribution < 1.29 is 14.6 Å². The van der Waals surface area contributed by atoms with Crippen molar-refractivity contribution in [2.45, 2.75) is 43.9 Å². The highest BCUT2D eigenvalue weighted by Gasteiger charge is 2.33. The van der Waals surface area contributed by atoms with Crippen LogP contribution in [0.2, 0.25) is 0 Å². The highest BCUT2D eigenvalue weighted by Crippen LogP contribution is 2.24. The van der Waals surface area contributed by atoms with Crippen molar-refractivity contribution >= 4 is 5.91 Å². The number of hydrogen-bond donors (Lipinski definition) is 2. The van der Waals surface area contributed by atoms with Gasteiger partial charge in [0.2, 0.25) is 5.91 Å². The number of amides is 1. The molecule has 2 aliphatic rings. The van der Waals surface area contributed by atoms with Gasteiger partial charge in [0.25, 0.3) is 0 Å². The average Bonchev–Trinajstić information content (AvgIpc) is 2.30. The maximum Gasteiger partial charge on any atom is 0.247 e. The number of aliphatic hydroxyl groups excluding tert-OH is 1. The predicted octanol–water partition coefficient (Wildman–Crippen LogP) is -0.524. The monoisotopic (exact) mass is 228 g/mol. The molecule has 1 saturated carbocycles. The molecule has 3 N–H and O–H groups in total. The Morgan fingerprint density at radius 3 is 2.81 bits per heavy atom. The molecule has 0 aromatic rings. The zero-order chi connectivity index (χ0) is 11.5. The van der Waals surface area contributed by atoms with Crippen LogP contribution in [0.25, 0.3) is 0 Å². The minimum atomic E-state index is -0.511. The van der Waals surface area contributed by atoms with Crippen molar-refractivity contribution in [2.24, 2.45) is 5.73 Å². The SMILES string of the molecule is NC(=O)C1CN(C2CCCCC2O)CCO1. The molecule has 3 unspecified atom stereocenters. The topological polar surface area (TPSA) is 75.8 Å². The van der Waals surface area contributed by atoms with E-state index >= 15 is 0 Å². The lowest BCUT2D eigenvalue weighted by Crippen LogP contribution is -2.55. The van der Waals surface area contributed by atoms with E-state index in [0.717, 1.165) is 32.2 Å². The van der Waals surface area contributed by atoms with Crippen LogP contribution in [0.4, 0.5) is 0 Å². The lowest BCUT2D eigenvalue weighted by molar-refractivity contribution is -0.138. The number of hydrogen-bond acceptors (Lipinski definition) is 4. The fourth-order valence-electron chi connectivity index (χ4n) is 2.66. The molecule has 0 aromatic heterocycles. The first-order valence-electron chi connectivity index (χ1n) is 6.01. The Labute approximate surface area is 95.5 Å². The standard InChI is InChI=1S/C11H20N2O3/c12-11(15)10-7-13(5-6-16-10)8-3-1-2-4-9(8)14/h8-10,14H,1-7H2,(H2,12,15). The number of primary amides is 1. The first-order valence-corrected chi connectivity index (χ1v) is 6.01. The van der Waals surface area contributed by atoms with Crippen molar-refractivity contribution in [3.63, 3.8) is 0 Å². The third-order valence-electron chi connectivity index (χ3n) is 3.58. The predicted molar refractivity (Wildman–Crippen MR) is 58.8 cm³/mol. The van der Waals surface area contributed by atoms with E-state index in [1.54, 1.807) is 0 Å². The van der Waals surface area contributed by atoms with Gasteiger partial charge in [0.05, 0.1) is 12.7 Å². The van der Waals surface area contributed by atoms with Crippen LogP contribution in [0.15, 0.2) is 0 Å². The van der Waals surface area contributed by atoms with Gasteiger partial charge in [-0.1, -0.05) is 12.8 Å². The van der Waals surface area contributed by atoms with Crippen molar-refractivity contribution in [2.75, 3.05) is 19.7 Å². The molecule has 0 radical (unpaired) electrons. The smallest absolute Gasteiger partial charge is 0.247 e. The number of carbonyl (C=O) groups excluding carboxylic acids is 1. The van der Waals surface area contributed by atoms with Crippen LogP contribution in [0, 0.1) is 0 Å². The number of rotatable bonds is 2. The Morgan fingerprint density at radius 1 is 1.38 bits per heavy atom. The number of nitrogens with two attached hydrogens (primary N) is 1. The quantitative estimate of drug-likeness (QED) is 0.666. The molecule has 92 valence electrons. The fraction of sp³-hybridized carbons (Fsp3) is 0.909. The molecule has 5 heteroatoms. The van der Waals surface area contributed by atoms with Crippen molar-refractivity contribution in [1.82, 2.24) is 4.90 Å². The molecule has 0 spiro atoms. The Balaban J connectivity index is 1.95. The van der Waals surface area contributed by atoms with Gasteiger partial charge < -0.3 is 15.6 Å². The summed E-state index contributed by atoms with van der Waals surface area (Å²) >= 11 is 0. The molecule has 0 aromatic carbocycles. The minimum absolute atomic E-state index is 0.180. The summed E-state index contributed by atoms with van der Waals surface area (Å²) in [7, 11) is 0. The third-order valence-corrected chi connectivity index (χ3v) is 3.58. The van der Waals surface area contributed by atoms with Crippen molar-refractivity contribution in [1.29, 1.82) is 0 Å². The molecule has 1 saturated heterocycles. The summed E-state index contributed by atoms with van der Waals surface area (Å²) in [4.78, 5) is 13.2. The maximum atomic E-state index is 11.1. The van der Waals surface area contributed by atoms with Crippen LogP contribution in [0.1, 0.15) is 25.7 Å². The van der Waals surface area contributed by atoms with E-state index in [1.807, 2.05) is 0 Å². The minimum Gasteiger partial charge on any atom is -0.391 e. The van der Waals surface area contributed by atoms with Gasteiger partial charge in [-0.3, -0.25) is 9.69 Å². The second-order valence-corrected chi connectivity index (χ2v) is 4.68. The molecule has 1 heterocycles. The van der Waals surface area contributed by atoms with Gasteiger partial charge in [0, 0.05) is 19.1 Å². The number of ether oxygens (including phenoxy) is 1. The summed E-state index contributed by atoms with van der Waals surface area (Å²) in [6.07, 6.45) is 3.35. The molecule has 1 amide bonds. The summed E-state index contributed by atoms with van der Waals surface area (Å²) in [5.41, 5.74) is 5.24. The Bertz CT molecular complexity index is 260.